The van der Waals surface area contributed by atoms with Gasteiger partial charge in [-0.25, -0.2) is 4.79 Å². The highest BCUT2D eigenvalue weighted by Gasteiger charge is 2.39. The number of hydrogen-bond donors (Lipinski definition) is 1. The number of nitrogens with one attached hydrogen (secondary N) is 1. The summed E-state index contributed by atoms with van der Waals surface area (Å²) in [6, 6.07) is 0. The zero-order chi connectivity index (χ0) is 14.0. The summed E-state index contributed by atoms with van der Waals surface area (Å²) in [5.74, 6) is -0.123. The highest BCUT2D eigenvalue weighted by atomic mass is 16.5. The lowest BCUT2D eigenvalue weighted by molar-refractivity contribution is -0.138. The quantitative estimate of drug-likeness (QED) is 0.474. The zero-order valence-electron chi connectivity index (χ0n) is 12.0. The number of rotatable bonds is 4. The molecule has 1 fully saturated rings. The molecule has 1 heterocycles. The first-order chi connectivity index (χ1) is 8.17. The summed E-state index contributed by atoms with van der Waals surface area (Å²) in [6.07, 6.45) is 3.37. The summed E-state index contributed by atoms with van der Waals surface area (Å²) in [5.41, 5.74) is 0.599. The van der Waals surface area contributed by atoms with Gasteiger partial charge in [-0.15, -0.1) is 0 Å². The Bertz CT molecular complexity index is 340. The van der Waals surface area contributed by atoms with Crippen LogP contribution in [-0.4, -0.2) is 23.7 Å². The molecule has 0 radical (unpaired) electrons. The molecule has 0 atom stereocenters. The molecule has 0 aromatic rings. The van der Waals surface area contributed by atoms with Crippen molar-refractivity contribution in [1.29, 1.82) is 0 Å². The van der Waals surface area contributed by atoms with Crippen molar-refractivity contribution in [3.8, 4) is 0 Å². The number of ether oxygens (including phenoxy) is 1. The van der Waals surface area contributed by atoms with E-state index in [0.29, 0.717) is 5.57 Å². The fourth-order valence-corrected chi connectivity index (χ4v) is 2.96. The molecular weight excluding hydrogens is 226 g/mol. The third-order valence-corrected chi connectivity index (χ3v) is 3.28. The number of hydrogen-bond acceptors (Lipinski definition) is 3. The molecule has 1 aliphatic heterocycles. The van der Waals surface area contributed by atoms with Gasteiger partial charge in [-0.1, -0.05) is 19.2 Å². The van der Waals surface area contributed by atoms with Crippen molar-refractivity contribution in [2.24, 2.45) is 5.92 Å². The van der Waals surface area contributed by atoms with Gasteiger partial charge in [-0.2, -0.15) is 0 Å². The first-order valence-corrected chi connectivity index (χ1v) is 6.43. The van der Waals surface area contributed by atoms with E-state index >= 15 is 0 Å². The number of esters is 1. The second-order valence-electron chi connectivity index (χ2n) is 6.41. The van der Waals surface area contributed by atoms with Gasteiger partial charge in [0.2, 0.25) is 0 Å². The molecule has 1 N–H and O–H groups in total. The maximum atomic E-state index is 11.8. The summed E-state index contributed by atoms with van der Waals surface area (Å²) in [4.78, 5) is 11.8. The second kappa shape index (κ2) is 5.27. The van der Waals surface area contributed by atoms with Crippen LogP contribution < -0.4 is 5.32 Å². The van der Waals surface area contributed by atoms with Gasteiger partial charge in [-0.3, -0.25) is 0 Å². The van der Waals surface area contributed by atoms with Crippen LogP contribution in [0.25, 0.3) is 0 Å². The molecule has 18 heavy (non-hydrogen) atoms. The Hall–Kier alpha value is -1.09. The van der Waals surface area contributed by atoms with Crippen LogP contribution >= 0.6 is 0 Å². The minimum atomic E-state index is -0.298. The van der Waals surface area contributed by atoms with Crippen molar-refractivity contribution in [2.75, 3.05) is 6.61 Å². The third kappa shape index (κ3) is 3.98. The average Bonchev–Trinajstić information content (AvgIpc) is 2.20. The van der Waals surface area contributed by atoms with Gasteiger partial charge in [0.1, 0.15) is 6.61 Å². The molecule has 1 saturated heterocycles. The molecule has 0 aliphatic carbocycles. The fraction of sp³-hybridized carbons (Fsp3) is 0.667. The predicted molar refractivity (Wildman–Crippen MR) is 74.3 cm³/mol. The molecule has 1 rings (SSSR count). The van der Waals surface area contributed by atoms with Crippen LogP contribution in [0.1, 0.15) is 40.5 Å². The van der Waals surface area contributed by atoms with Gasteiger partial charge in [0.05, 0.1) is 0 Å². The van der Waals surface area contributed by atoms with E-state index in [2.05, 4.69) is 46.2 Å². The Morgan fingerprint density at radius 3 is 2.28 bits per heavy atom. The molecule has 1 aliphatic rings. The van der Waals surface area contributed by atoms with E-state index in [4.69, 9.17) is 4.74 Å². The molecule has 0 bridgehead atoms. The van der Waals surface area contributed by atoms with Crippen molar-refractivity contribution in [3.63, 3.8) is 0 Å². The highest BCUT2D eigenvalue weighted by molar-refractivity contribution is 5.88. The second-order valence-corrected chi connectivity index (χ2v) is 6.41. The summed E-state index contributed by atoms with van der Waals surface area (Å²) in [6.45, 7) is 16.3. The van der Waals surface area contributed by atoms with Crippen molar-refractivity contribution >= 4 is 5.97 Å². The third-order valence-electron chi connectivity index (χ3n) is 3.28. The van der Waals surface area contributed by atoms with Gasteiger partial charge < -0.3 is 10.1 Å². The standard InChI is InChI=1S/C15H25NO2/c1-7-8-18-13(17)11(2)12-9-14(3,4)16-15(5,6)10-12/h7,12,16H,1-2,8-10H2,3-6H3. The van der Waals surface area contributed by atoms with Crippen LogP contribution in [0.5, 0.6) is 0 Å². The molecule has 0 saturated carbocycles. The van der Waals surface area contributed by atoms with Crippen molar-refractivity contribution < 1.29 is 9.53 Å². The maximum Gasteiger partial charge on any atom is 0.333 e. The summed E-state index contributed by atoms with van der Waals surface area (Å²) in [7, 11) is 0. The molecule has 102 valence electrons. The van der Waals surface area contributed by atoms with Crippen LogP contribution in [0.3, 0.4) is 0 Å². The molecule has 3 nitrogen and oxygen atoms in total. The zero-order valence-corrected chi connectivity index (χ0v) is 12.0. The molecule has 0 aromatic carbocycles. The van der Waals surface area contributed by atoms with E-state index in [9.17, 15) is 4.79 Å². The normalized spacial score (nSPS) is 22.2. The van der Waals surface area contributed by atoms with Crippen LogP contribution in [0.15, 0.2) is 24.8 Å². The minimum Gasteiger partial charge on any atom is -0.458 e. The molecule has 0 unspecified atom stereocenters. The van der Waals surface area contributed by atoms with E-state index in [1.54, 1.807) is 6.08 Å². The van der Waals surface area contributed by atoms with E-state index in [1.165, 1.54) is 0 Å². The minimum absolute atomic E-state index is 0.00801. The van der Waals surface area contributed by atoms with Crippen LogP contribution in [0.2, 0.25) is 0 Å². The van der Waals surface area contributed by atoms with Gasteiger partial charge in [-0.05, 0) is 46.5 Å². The summed E-state index contributed by atoms with van der Waals surface area (Å²) < 4.78 is 5.07. The van der Waals surface area contributed by atoms with Gasteiger partial charge in [0.15, 0.2) is 0 Å². The summed E-state index contributed by atoms with van der Waals surface area (Å²) >= 11 is 0. The lowest BCUT2D eigenvalue weighted by Gasteiger charge is -2.46. The number of piperidine rings is 1. The predicted octanol–water partition coefficient (Wildman–Crippen LogP) is 2.83. The smallest absolute Gasteiger partial charge is 0.333 e. The number of carbonyl (C=O) groups is 1. The van der Waals surface area contributed by atoms with Crippen LogP contribution in [-0.2, 0) is 9.53 Å². The SMILES string of the molecule is C=CCOC(=O)C(=C)C1CC(C)(C)NC(C)(C)C1. The lowest BCUT2D eigenvalue weighted by Crippen LogP contribution is -2.58. The van der Waals surface area contributed by atoms with Crippen molar-refractivity contribution in [3.05, 3.63) is 24.8 Å². The van der Waals surface area contributed by atoms with E-state index in [0.717, 1.165) is 12.8 Å². The molecule has 0 spiro atoms. The topological polar surface area (TPSA) is 38.3 Å². The van der Waals surface area contributed by atoms with Crippen molar-refractivity contribution in [1.82, 2.24) is 5.32 Å². The molecular formula is C15H25NO2. The van der Waals surface area contributed by atoms with Gasteiger partial charge in [0.25, 0.3) is 0 Å². The first kappa shape index (κ1) is 15.0. The molecule has 0 amide bonds. The number of carbonyl (C=O) groups excluding carboxylic acids is 1. The van der Waals surface area contributed by atoms with Gasteiger partial charge in [0, 0.05) is 16.7 Å². The van der Waals surface area contributed by atoms with E-state index in [1.807, 2.05) is 0 Å². The fourth-order valence-electron chi connectivity index (χ4n) is 2.96. The lowest BCUT2D eigenvalue weighted by atomic mass is 9.73. The Labute approximate surface area is 110 Å². The highest BCUT2D eigenvalue weighted by Crippen LogP contribution is 2.36. The largest absolute Gasteiger partial charge is 0.458 e. The van der Waals surface area contributed by atoms with Crippen LogP contribution in [0, 0.1) is 5.92 Å². The Kier molecular flexibility index (Phi) is 4.38. The monoisotopic (exact) mass is 251 g/mol. The molecule has 0 aromatic heterocycles. The van der Waals surface area contributed by atoms with E-state index < -0.39 is 0 Å². The Morgan fingerprint density at radius 2 is 1.83 bits per heavy atom. The maximum absolute atomic E-state index is 11.8. The Morgan fingerprint density at radius 1 is 1.33 bits per heavy atom. The summed E-state index contributed by atoms with van der Waals surface area (Å²) in [5, 5.41) is 3.59. The average molecular weight is 251 g/mol. The first-order valence-electron chi connectivity index (χ1n) is 6.43. The molecule has 3 heteroatoms. The van der Waals surface area contributed by atoms with E-state index in [-0.39, 0.29) is 29.6 Å². The van der Waals surface area contributed by atoms with Crippen molar-refractivity contribution in [2.45, 2.75) is 51.6 Å². The Balaban J connectivity index is 2.73. The van der Waals surface area contributed by atoms with Crippen LogP contribution in [0.4, 0.5) is 0 Å². The van der Waals surface area contributed by atoms with Gasteiger partial charge >= 0.3 is 5.97 Å².